The Kier molecular flexibility index (Phi) is 10.8. The van der Waals surface area contributed by atoms with Crippen LogP contribution in [0.1, 0.15) is 30.2 Å². The van der Waals surface area contributed by atoms with Gasteiger partial charge in [0.15, 0.2) is 12.6 Å². The normalized spacial score (nSPS) is 12.0. The molecule has 0 radical (unpaired) electrons. The third kappa shape index (κ3) is 8.61. The third-order valence-electron chi connectivity index (χ3n) is 3.65. The summed E-state index contributed by atoms with van der Waals surface area (Å²) in [6.45, 7) is 6.23. The van der Waals surface area contributed by atoms with Crippen molar-refractivity contribution in [2.75, 3.05) is 19.7 Å². The standard InChI is InChI=1S/C19H26N4O2S.HI/c1-3-21-19(22-11-14(2)17-8-5-9-26-17)23-12-15-6-4-7-16(10-15)25-13-18(20)24;/h4-10,14H,3,11-13H2,1-2H3,(H2,20,24)(H2,21,22,23);1H. The number of halogens is 1. The van der Waals surface area contributed by atoms with E-state index >= 15 is 0 Å². The van der Waals surface area contributed by atoms with Crippen LogP contribution in [-0.4, -0.2) is 31.6 Å². The number of nitrogens with zero attached hydrogens (tertiary/aromatic N) is 1. The molecule has 0 aliphatic heterocycles. The van der Waals surface area contributed by atoms with Crippen molar-refractivity contribution in [1.29, 1.82) is 0 Å². The van der Waals surface area contributed by atoms with Gasteiger partial charge in [-0.05, 0) is 36.1 Å². The smallest absolute Gasteiger partial charge is 0.255 e. The second-order valence-electron chi connectivity index (χ2n) is 5.89. The highest BCUT2D eigenvalue weighted by atomic mass is 127. The van der Waals surface area contributed by atoms with E-state index in [0.29, 0.717) is 18.2 Å². The van der Waals surface area contributed by atoms with Gasteiger partial charge < -0.3 is 21.1 Å². The molecule has 2 aromatic rings. The highest BCUT2D eigenvalue weighted by molar-refractivity contribution is 14.0. The number of amides is 1. The summed E-state index contributed by atoms with van der Waals surface area (Å²) in [6, 6.07) is 11.7. The SMILES string of the molecule is CCNC(=NCc1cccc(OCC(N)=O)c1)NCC(C)c1cccs1.I. The highest BCUT2D eigenvalue weighted by Gasteiger charge is 2.07. The third-order valence-corrected chi connectivity index (χ3v) is 4.75. The van der Waals surface area contributed by atoms with Gasteiger partial charge in [-0.2, -0.15) is 0 Å². The minimum absolute atomic E-state index is 0. The van der Waals surface area contributed by atoms with Crippen LogP contribution in [0.25, 0.3) is 0 Å². The van der Waals surface area contributed by atoms with E-state index in [9.17, 15) is 4.79 Å². The fraction of sp³-hybridized carbons (Fsp3) is 0.368. The minimum atomic E-state index is -0.494. The second kappa shape index (κ2) is 12.6. The minimum Gasteiger partial charge on any atom is -0.484 e. The van der Waals surface area contributed by atoms with Crippen molar-refractivity contribution in [1.82, 2.24) is 10.6 Å². The summed E-state index contributed by atoms with van der Waals surface area (Å²) < 4.78 is 5.33. The van der Waals surface area contributed by atoms with Crippen LogP contribution in [0.4, 0.5) is 0 Å². The summed E-state index contributed by atoms with van der Waals surface area (Å²) in [5.74, 6) is 1.32. The Morgan fingerprint density at radius 3 is 2.78 bits per heavy atom. The van der Waals surface area contributed by atoms with Gasteiger partial charge >= 0.3 is 0 Å². The lowest BCUT2D eigenvalue weighted by Gasteiger charge is -2.15. The maximum Gasteiger partial charge on any atom is 0.255 e. The topological polar surface area (TPSA) is 88.7 Å². The van der Waals surface area contributed by atoms with E-state index in [-0.39, 0.29) is 30.6 Å². The molecule has 6 nitrogen and oxygen atoms in total. The molecule has 2 rings (SSSR count). The molecule has 0 fully saturated rings. The fourth-order valence-corrected chi connectivity index (χ4v) is 3.11. The van der Waals surface area contributed by atoms with Crippen LogP contribution in [0.5, 0.6) is 5.75 Å². The van der Waals surface area contributed by atoms with Crippen LogP contribution in [0, 0.1) is 0 Å². The van der Waals surface area contributed by atoms with E-state index in [1.807, 2.05) is 25.1 Å². The summed E-state index contributed by atoms with van der Waals surface area (Å²) in [6.07, 6.45) is 0. The molecule has 1 aromatic heterocycles. The van der Waals surface area contributed by atoms with Crippen molar-refractivity contribution in [3.63, 3.8) is 0 Å². The summed E-state index contributed by atoms with van der Waals surface area (Å²) in [7, 11) is 0. The number of aliphatic imine (C=N–C) groups is 1. The molecule has 1 amide bonds. The van der Waals surface area contributed by atoms with Gasteiger partial charge in [-0.15, -0.1) is 35.3 Å². The summed E-state index contributed by atoms with van der Waals surface area (Å²) in [5, 5.41) is 8.74. The Morgan fingerprint density at radius 2 is 2.11 bits per heavy atom. The Balaban J connectivity index is 0.00000364. The molecule has 148 valence electrons. The molecule has 0 aliphatic rings. The van der Waals surface area contributed by atoms with Gasteiger partial charge in [-0.25, -0.2) is 4.99 Å². The quantitative estimate of drug-likeness (QED) is 0.280. The predicted molar refractivity (Wildman–Crippen MR) is 122 cm³/mol. The number of thiophene rings is 1. The number of hydrogen-bond donors (Lipinski definition) is 3. The average molecular weight is 502 g/mol. The van der Waals surface area contributed by atoms with Gasteiger partial charge in [0.25, 0.3) is 5.91 Å². The summed E-state index contributed by atoms with van der Waals surface area (Å²) >= 11 is 1.77. The van der Waals surface area contributed by atoms with Gasteiger partial charge in [0.2, 0.25) is 0 Å². The van der Waals surface area contributed by atoms with Gasteiger partial charge in [0, 0.05) is 23.9 Å². The van der Waals surface area contributed by atoms with Crippen molar-refractivity contribution in [2.45, 2.75) is 26.3 Å². The molecule has 4 N–H and O–H groups in total. The lowest BCUT2D eigenvalue weighted by atomic mass is 10.1. The number of guanidine groups is 1. The zero-order chi connectivity index (χ0) is 18.8. The van der Waals surface area contributed by atoms with Gasteiger partial charge in [0.1, 0.15) is 5.75 Å². The molecule has 1 atom stereocenters. The van der Waals surface area contributed by atoms with E-state index in [0.717, 1.165) is 24.6 Å². The monoisotopic (exact) mass is 502 g/mol. The highest BCUT2D eigenvalue weighted by Crippen LogP contribution is 2.19. The van der Waals surface area contributed by atoms with Crippen molar-refractivity contribution >= 4 is 47.2 Å². The first kappa shape index (κ1) is 23.2. The lowest BCUT2D eigenvalue weighted by Crippen LogP contribution is -2.39. The molecule has 0 bridgehead atoms. The Hall–Kier alpha value is -1.81. The van der Waals surface area contributed by atoms with Crippen LogP contribution in [0.3, 0.4) is 0 Å². The van der Waals surface area contributed by atoms with E-state index in [1.165, 1.54) is 4.88 Å². The molecule has 0 aliphatic carbocycles. The molecule has 1 aromatic carbocycles. The molecule has 27 heavy (non-hydrogen) atoms. The number of carbonyl (C=O) groups is 1. The van der Waals surface area contributed by atoms with Crippen LogP contribution in [0.2, 0.25) is 0 Å². The van der Waals surface area contributed by atoms with Crippen molar-refractivity contribution in [3.8, 4) is 5.75 Å². The Morgan fingerprint density at radius 1 is 1.30 bits per heavy atom. The fourth-order valence-electron chi connectivity index (χ4n) is 2.32. The average Bonchev–Trinajstić information content (AvgIpc) is 3.17. The number of carbonyl (C=O) groups excluding carboxylic acids is 1. The van der Waals surface area contributed by atoms with Crippen molar-refractivity contribution in [2.24, 2.45) is 10.7 Å². The van der Waals surface area contributed by atoms with Crippen LogP contribution in [-0.2, 0) is 11.3 Å². The number of primary amides is 1. The maximum absolute atomic E-state index is 10.8. The maximum atomic E-state index is 10.8. The largest absolute Gasteiger partial charge is 0.484 e. The van der Waals surface area contributed by atoms with Crippen molar-refractivity contribution < 1.29 is 9.53 Å². The van der Waals surface area contributed by atoms with E-state index < -0.39 is 5.91 Å². The van der Waals surface area contributed by atoms with Crippen LogP contribution >= 0.6 is 35.3 Å². The first-order valence-corrected chi connectivity index (χ1v) is 9.52. The summed E-state index contributed by atoms with van der Waals surface area (Å²) in [4.78, 5) is 16.8. The molecule has 1 heterocycles. The van der Waals surface area contributed by atoms with Gasteiger partial charge in [0.05, 0.1) is 6.54 Å². The molecule has 0 saturated carbocycles. The zero-order valence-corrected chi connectivity index (χ0v) is 18.8. The molecular weight excluding hydrogens is 475 g/mol. The second-order valence-corrected chi connectivity index (χ2v) is 6.87. The van der Waals surface area contributed by atoms with E-state index in [1.54, 1.807) is 17.4 Å². The number of rotatable bonds is 9. The number of nitrogens with one attached hydrogen (secondary N) is 2. The molecule has 8 heteroatoms. The number of benzene rings is 1. The predicted octanol–water partition coefficient (Wildman–Crippen LogP) is 3.09. The van der Waals surface area contributed by atoms with Gasteiger partial charge in [-0.3, -0.25) is 4.79 Å². The van der Waals surface area contributed by atoms with E-state index in [4.69, 9.17) is 10.5 Å². The number of hydrogen-bond acceptors (Lipinski definition) is 4. The lowest BCUT2D eigenvalue weighted by molar-refractivity contribution is -0.119. The van der Waals surface area contributed by atoms with Crippen LogP contribution in [0.15, 0.2) is 46.8 Å². The first-order valence-electron chi connectivity index (χ1n) is 8.64. The van der Waals surface area contributed by atoms with Crippen LogP contribution < -0.4 is 21.1 Å². The number of ether oxygens (including phenoxy) is 1. The summed E-state index contributed by atoms with van der Waals surface area (Å²) in [5.41, 5.74) is 6.10. The molecule has 1 unspecified atom stereocenters. The Bertz CT molecular complexity index is 722. The first-order chi connectivity index (χ1) is 12.6. The number of nitrogens with two attached hydrogens (primary N) is 1. The van der Waals surface area contributed by atoms with Crippen molar-refractivity contribution in [3.05, 3.63) is 52.2 Å². The van der Waals surface area contributed by atoms with Gasteiger partial charge in [-0.1, -0.05) is 25.1 Å². The molecule has 0 spiro atoms. The zero-order valence-electron chi connectivity index (χ0n) is 15.6. The van der Waals surface area contributed by atoms with E-state index in [2.05, 4.69) is 40.1 Å². The molecule has 0 saturated heterocycles. The molecular formula is C19H27IN4O2S. The Labute approximate surface area is 181 Å².